The molecule has 0 saturated carbocycles. The standard InChI is InChI=1S/C19H21N3O3/c1-19(2,3)22(18(24)25)14-7-8-15-13(12-14)9-11-21(17(15)23)16-6-4-5-10-20-16/h4-8,10,12H,9,11H2,1-3H3,(H,24,25). The number of fused-ring (bicyclic) bond motifs is 1. The Balaban J connectivity index is 1.96. The van der Waals surface area contributed by atoms with Crippen molar-refractivity contribution in [3.63, 3.8) is 0 Å². The highest BCUT2D eigenvalue weighted by molar-refractivity contribution is 6.08. The van der Waals surface area contributed by atoms with Crippen molar-refractivity contribution in [2.24, 2.45) is 0 Å². The van der Waals surface area contributed by atoms with Gasteiger partial charge in [-0.2, -0.15) is 0 Å². The molecule has 2 amide bonds. The number of benzene rings is 1. The van der Waals surface area contributed by atoms with Gasteiger partial charge in [-0.1, -0.05) is 6.07 Å². The first-order valence-corrected chi connectivity index (χ1v) is 8.18. The lowest BCUT2D eigenvalue weighted by Gasteiger charge is -2.34. The fraction of sp³-hybridized carbons (Fsp3) is 0.316. The summed E-state index contributed by atoms with van der Waals surface area (Å²) in [4.78, 5) is 31.7. The second-order valence-electron chi connectivity index (χ2n) is 7.02. The molecular formula is C19H21N3O3. The van der Waals surface area contributed by atoms with Gasteiger partial charge in [0, 0.05) is 29.5 Å². The zero-order valence-electron chi connectivity index (χ0n) is 14.6. The van der Waals surface area contributed by atoms with E-state index in [1.54, 1.807) is 23.2 Å². The van der Waals surface area contributed by atoms with E-state index in [2.05, 4.69) is 4.98 Å². The number of hydrogen-bond donors (Lipinski definition) is 1. The third-order valence-corrected chi connectivity index (χ3v) is 4.22. The molecule has 1 N–H and O–H groups in total. The summed E-state index contributed by atoms with van der Waals surface area (Å²) in [5, 5.41) is 9.55. The fourth-order valence-electron chi connectivity index (χ4n) is 3.13. The minimum Gasteiger partial charge on any atom is -0.465 e. The summed E-state index contributed by atoms with van der Waals surface area (Å²) in [6, 6.07) is 10.7. The molecule has 0 atom stereocenters. The van der Waals surface area contributed by atoms with Crippen molar-refractivity contribution >= 4 is 23.5 Å². The number of hydrogen-bond acceptors (Lipinski definition) is 3. The Morgan fingerprint density at radius 3 is 2.60 bits per heavy atom. The second-order valence-corrected chi connectivity index (χ2v) is 7.02. The summed E-state index contributed by atoms with van der Waals surface area (Å²) in [6.45, 7) is 6.05. The molecule has 0 saturated heterocycles. The van der Waals surface area contributed by atoms with Crippen molar-refractivity contribution in [3.8, 4) is 0 Å². The van der Waals surface area contributed by atoms with Gasteiger partial charge in [0.2, 0.25) is 0 Å². The largest absolute Gasteiger partial charge is 0.465 e. The highest BCUT2D eigenvalue weighted by Crippen LogP contribution is 2.30. The quantitative estimate of drug-likeness (QED) is 0.908. The molecule has 2 aromatic rings. The van der Waals surface area contributed by atoms with Crippen molar-refractivity contribution in [1.29, 1.82) is 0 Å². The molecule has 1 aromatic carbocycles. The normalized spacial score (nSPS) is 14.2. The zero-order chi connectivity index (χ0) is 18.2. The van der Waals surface area contributed by atoms with Crippen LogP contribution in [-0.4, -0.2) is 34.2 Å². The summed E-state index contributed by atoms with van der Waals surface area (Å²) in [5.41, 5.74) is 1.47. The Bertz CT molecular complexity index is 812. The summed E-state index contributed by atoms with van der Waals surface area (Å²) in [7, 11) is 0. The van der Waals surface area contributed by atoms with E-state index in [0.29, 0.717) is 30.0 Å². The number of nitrogens with zero attached hydrogens (tertiary/aromatic N) is 3. The van der Waals surface area contributed by atoms with Gasteiger partial charge in [-0.25, -0.2) is 9.78 Å². The first-order valence-electron chi connectivity index (χ1n) is 8.18. The summed E-state index contributed by atoms with van der Waals surface area (Å²) in [6.07, 6.45) is 1.31. The summed E-state index contributed by atoms with van der Waals surface area (Å²) >= 11 is 0. The molecule has 0 aliphatic carbocycles. The smallest absolute Gasteiger partial charge is 0.412 e. The number of pyridine rings is 1. The molecule has 6 nitrogen and oxygen atoms in total. The van der Waals surface area contributed by atoms with Crippen LogP contribution < -0.4 is 9.80 Å². The molecule has 1 aromatic heterocycles. The molecule has 6 heteroatoms. The molecule has 0 fully saturated rings. The van der Waals surface area contributed by atoms with Gasteiger partial charge in [0.05, 0.1) is 0 Å². The van der Waals surface area contributed by atoms with Crippen LogP contribution in [0.5, 0.6) is 0 Å². The van der Waals surface area contributed by atoms with E-state index in [4.69, 9.17) is 0 Å². The molecule has 0 spiro atoms. The predicted octanol–water partition coefficient (Wildman–Crippen LogP) is 3.57. The SMILES string of the molecule is CC(C)(C)N(C(=O)O)c1ccc2c(c1)CCN(c1ccccn1)C2=O. The van der Waals surface area contributed by atoms with Crippen LogP contribution in [0, 0.1) is 0 Å². The number of amides is 2. The molecular weight excluding hydrogens is 318 g/mol. The molecule has 0 radical (unpaired) electrons. The van der Waals surface area contributed by atoms with E-state index in [0.717, 1.165) is 5.56 Å². The Hall–Kier alpha value is -2.89. The number of carboxylic acid groups (broad SMARTS) is 1. The first kappa shape index (κ1) is 17.0. The Kier molecular flexibility index (Phi) is 4.20. The number of aromatic nitrogens is 1. The third kappa shape index (κ3) is 3.20. The number of rotatable bonds is 2. The van der Waals surface area contributed by atoms with Crippen molar-refractivity contribution in [2.45, 2.75) is 32.7 Å². The molecule has 0 bridgehead atoms. The minimum absolute atomic E-state index is 0.107. The zero-order valence-corrected chi connectivity index (χ0v) is 14.6. The van der Waals surface area contributed by atoms with Crippen LogP contribution >= 0.6 is 0 Å². The molecule has 0 unspecified atom stereocenters. The number of carbonyl (C=O) groups is 2. The number of carbonyl (C=O) groups excluding carboxylic acids is 1. The Labute approximate surface area is 146 Å². The van der Waals surface area contributed by atoms with Crippen LogP contribution in [-0.2, 0) is 6.42 Å². The predicted molar refractivity (Wildman–Crippen MR) is 96.3 cm³/mol. The summed E-state index contributed by atoms with van der Waals surface area (Å²) in [5.74, 6) is 0.521. The monoisotopic (exact) mass is 339 g/mol. The molecule has 25 heavy (non-hydrogen) atoms. The van der Waals surface area contributed by atoms with Gasteiger partial charge >= 0.3 is 6.09 Å². The van der Waals surface area contributed by atoms with Gasteiger partial charge in [-0.05, 0) is 63.1 Å². The third-order valence-electron chi connectivity index (χ3n) is 4.22. The van der Waals surface area contributed by atoms with Gasteiger partial charge in [-0.3, -0.25) is 14.6 Å². The maximum Gasteiger partial charge on any atom is 0.412 e. The van der Waals surface area contributed by atoms with Gasteiger partial charge in [0.1, 0.15) is 5.82 Å². The van der Waals surface area contributed by atoms with E-state index in [1.165, 1.54) is 4.90 Å². The van der Waals surface area contributed by atoms with Crippen LogP contribution in [0.4, 0.5) is 16.3 Å². The van der Waals surface area contributed by atoms with E-state index in [9.17, 15) is 14.7 Å². The van der Waals surface area contributed by atoms with Crippen LogP contribution in [0.3, 0.4) is 0 Å². The lowest BCUT2D eigenvalue weighted by atomic mass is 9.96. The minimum atomic E-state index is -1.01. The second kappa shape index (κ2) is 6.20. The van der Waals surface area contributed by atoms with Gasteiger partial charge in [0.15, 0.2) is 0 Å². The Morgan fingerprint density at radius 1 is 1.24 bits per heavy atom. The van der Waals surface area contributed by atoms with E-state index in [1.807, 2.05) is 45.0 Å². The van der Waals surface area contributed by atoms with Crippen LogP contribution in [0.2, 0.25) is 0 Å². The van der Waals surface area contributed by atoms with Crippen LogP contribution in [0.15, 0.2) is 42.6 Å². The average Bonchev–Trinajstić information content (AvgIpc) is 2.54. The lowest BCUT2D eigenvalue weighted by Crippen LogP contribution is -2.45. The van der Waals surface area contributed by atoms with E-state index >= 15 is 0 Å². The number of anilines is 2. The first-order chi connectivity index (χ1) is 11.8. The maximum atomic E-state index is 12.8. The van der Waals surface area contributed by atoms with Gasteiger partial charge in [0.25, 0.3) is 5.91 Å². The van der Waals surface area contributed by atoms with E-state index < -0.39 is 11.6 Å². The van der Waals surface area contributed by atoms with Crippen molar-refractivity contribution in [3.05, 3.63) is 53.7 Å². The van der Waals surface area contributed by atoms with Crippen molar-refractivity contribution in [2.75, 3.05) is 16.3 Å². The molecule has 1 aliphatic heterocycles. The van der Waals surface area contributed by atoms with Crippen LogP contribution in [0.25, 0.3) is 0 Å². The molecule has 2 heterocycles. The highest BCUT2D eigenvalue weighted by atomic mass is 16.4. The lowest BCUT2D eigenvalue weighted by molar-refractivity contribution is 0.0980. The van der Waals surface area contributed by atoms with Gasteiger partial charge in [-0.15, -0.1) is 0 Å². The topological polar surface area (TPSA) is 73.7 Å². The molecule has 3 rings (SSSR count). The van der Waals surface area contributed by atoms with Crippen molar-refractivity contribution < 1.29 is 14.7 Å². The van der Waals surface area contributed by atoms with E-state index in [-0.39, 0.29) is 5.91 Å². The van der Waals surface area contributed by atoms with Gasteiger partial charge < -0.3 is 5.11 Å². The van der Waals surface area contributed by atoms with Crippen LogP contribution in [0.1, 0.15) is 36.7 Å². The summed E-state index contributed by atoms with van der Waals surface area (Å²) < 4.78 is 0. The highest BCUT2D eigenvalue weighted by Gasteiger charge is 2.31. The average molecular weight is 339 g/mol. The molecule has 1 aliphatic rings. The fourth-order valence-corrected chi connectivity index (χ4v) is 3.13. The molecule has 130 valence electrons. The maximum absolute atomic E-state index is 12.8. The Morgan fingerprint density at radius 2 is 2.00 bits per heavy atom. The van der Waals surface area contributed by atoms with Crippen molar-refractivity contribution in [1.82, 2.24) is 4.98 Å².